The van der Waals surface area contributed by atoms with Crippen LogP contribution in [0.25, 0.3) is 11.1 Å². The molecule has 2 nitrogen and oxygen atoms in total. The van der Waals surface area contributed by atoms with Gasteiger partial charge in [-0.3, -0.25) is 4.98 Å². The largest absolute Gasteiger partial charge is 0.317 e. The van der Waals surface area contributed by atoms with Gasteiger partial charge in [-0.15, -0.1) is 6.58 Å². The molecule has 0 saturated carbocycles. The van der Waals surface area contributed by atoms with Crippen LogP contribution in [0.3, 0.4) is 0 Å². The van der Waals surface area contributed by atoms with Gasteiger partial charge in [0.1, 0.15) is 0 Å². The standard InChI is InChI=1S/C31H36N2/c1-24(2)22-31(29-11-5-4-6-12-29,25(3)14-15-26-16-19-32-20-17-26)30-13-7-9-27(21-30)28-10-8-18-33-23-28/h4-13,18,21,23,26,32H,1,3,14-17,19-20,22H2,2H3. The SMILES string of the molecule is C=C(C)CC(C(=C)CCC1CCNCC1)(c1ccccc1)c1cccc(-c2cccnc2)c1. The second kappa shape index (κ2) is 10.8. The zero-order chi connectivity index (χ0) is 23.1. The van der Waals surface area contributed by atoms with E-state index in [1.807, 2.05) is 18.5 Å². The summed E-state index contributed by atoms with van der Waals surface area (Å²) in [5, 5.41) is 3.49. The van der Waals surface area contributed by atoms with Gasteiger partial charge in [-0.1, -0.05) is 72.3 Å². The Labute approximate surface area is 199 Å². The van der Waals surface area contributed by atoms with E-state index in [1.54, 1.807) is 0 Å². The molecule has 0 radical (unpaired) electrons. The highest BCUT2D eigenvalue weighted by molar-refractivity contribution is 5.65. The van der Waals surface area contributed by atoms with Crippen LogP contribution in [0.2, 0.25) is 0 Å². The van der Waals surface area contributed by atoms with Crippen molar-refractivity contribution in [3.05, 3.63) is 115 Å². The average molecular weight is 437 g/mol. The van der Waals surface area contributed by atoms with Crippen molar-refractivity contribution in [3.63, 3.8) is 0 Å². The van der Waals surface area contributed by atoms with Gasteiger partial charge in [0, 0.05) is 17.8 Å². The third-order valence-corrected chi connectivity index (χ3v) is 7.10. The fraction of sp³-hybridized carbons (Fsp3) is 0.323. The Bertz CT molecular complexity index is 1060. The van der Waals surface area contributed by atoms with Crippen molar-refractivity contribution in [2.75, 3.05) is 13.1 Å². The molecule has 1 saturated heterocycles. The highest BCUT2D eigenvalue weighted by Gasteiger charge is 2.37. The Morgan fingerprint density at radius 1 is 0.939 bits per heavy atom. The minimum atomic E-state index is -0.293. The van der Waals surface area contributed by atoms with Crippen molar-refractivity contribution in [2.45, 2.75) is 44.4 Å². The predicted molar refractivity (Wildman–Crippen MR) is 140 cm³/mol. The molecule has 3 aromatic rings. The molecule has 2 heterocycles. The predicted octanol–water partition coefficient (Wildman–Crippen LogP) is 7.34. The third kappa shape index (κ3) is 5.34. The number of hydrogen-bond donors (Lipinski definition) is 1. The molecule has 1 N–H and O–H groups in total. The molecule has 0 aliphatic carbocycles. The Morgan fingerprint density at radius 2 is 1.67 bits per heavy atom. The van der Waals surface area contributed by atoms with Crippen molar-refractivity contribution in [1.82, 2.24) is 10.3 Å². The minimum absolute atomic E-state index is 0.293. The quantitative estimate of drug-likeness (QED) is 0.355. The topological polar surface area (TPSA) is 24.9 Å². The number of nitrogens with one attached hydrogen (secondary N) is 1. The first-order valence-electron chi connectivity index (χ1n) is 12.2. The van der Waals surface area contributed by atoms with Gasteiger partial charge in [-0.25, -0.2) is 0 Å². The van der Waals surface area contributed by atoms with E-state index in [4.69, 9.17) is 6.58 Å². The molecule has 1 aromatic heterocycles. The van der Waals surface area contributed by atoms with Crippen LogP contribution < -0.4 is 5.32 Å². The maximum Gasteiger partial charge on any atom is 0.0445 e. The van der Waals surface area contributed by atoms with Crippen LogP contribution in [-0.2, 0) is 5.41 Å². The van der Waals surface area contributed by atoms with E-state index in [9.17, 15) is 0 Å². The molecule has 2 heteroatoms. The van der Waals surface area contributed by atoms with Crippen molar-refractivity contribution in [2.24, 2.45) is 5.92 Å². The highest BCUT2D eigenvalue weighted by Crippen LogP contribution is 2.46. The molecule has 1 aliphatic rings. The summed E-state index contributed by atoms with van der Waals surface area (Å²) in [5.41, 5.74) is 7.08. The normalized spacial score (nSPS) is 16.2. The Balaban J connectivity index is 1.78. The number of pyridine rings is 1. The third-order valence-electron chi connectivity index (χ3n) is 7.10. The molecule has 0 amide bonds. The average Bonchev–Trinajstić information content (AvgIpc) is 2.87. The number of benzene rings is 2. The summed E-state index contributed by atoms with van der Waals surface area (Å²) >= 11 is 0. The summed E-state index contributed by atoms with van der Waals surface area (Å²) in [4.78, 5) is 4.34. The maximum absolute atomic E-state index is 4.75. The number of rotatable bonds is 9. The van der Waals surface area contributed by atoms with Crippen LogP contribution in [0, 0.1) is 5.92 Å². The highest BCUT2D eigenvalue weighted by atomic mass is 14.9. The number of nitrogens with zero attached hydrogens (tertiary/aromatic N) is 1. The van der Waals surface area contributed by atoms with Crippen LogP contribution in [0.5, 0.6) is 0 Å². The van der Waals surface area contributed by atoms with E-state index >= 15 is 0 Å². The van der Waals surface area contributed by atoms with E-state index < -0.39 is 0 Å². The van der Waals surface area contributed by atoms with Gasteiger partial charge in [-0.2, -0.15) is 0 Å². The van der Waals surface area contributed by atoms with Gasteiger partial charge in [0.15, 0.2) is 0 Å². The number of aromatic nitrogens is 1. The number of allylic oxidation sites excluding steroid dienone is 2. The maximum atomic E-state index is 4.75. The molecule has 0 spiro atoms. The fourth-order valence-corrected chi connectivity index (χ4v) is 5.34. The smallest absolute Gasteiger partial charge is 0.0445 e. The molecular weight excluding hydrogens is 400 g/mol. The van der Waals surface area contributed by atoms with E-state index in [1.165, 1.54) is 47.1 Å². The van der Waals surface area contributed by atoms with Gasteiger partial charge >= 0.3 is 0 Å². The lowest BCUT2D eigenvalue weighted by Crippen LogP contribution is -2.32. The summed E-state index contributed by atoms with van der Waals surface area (Å²) in [6, 6.07) is 24.0. The lowest BCUT2D eigenvalue weighted by atomic mass is 9.64. The van der Waals surface area contributed by atoms with Crippen molar-refractivity contribution < 1.29 is 0 Å². The van der Waals surface area contributed by atoms with Gasteiger partial charge in [0.2, 0.25) is 0 Å². The van der Waals surface area contributed by atoms with Gasteiger partial charge in [0.05, 0.1) is 0 Å². The molecular formula is C31H36N2. The van der Waals surface area contributed by atoms with Crippen LogP contribution >= 0.6 is 0 Å². The zero-order valence-electron chi connectivity index (χ0n) is 19.9. The summed E-state index contributed by atoms with van der Waals surface area (Å²) in [7, 11) is 0. The van der Waals surface area contributed by atoms with Crippen LogP contribution in [-0.4, -0.2) is 18.1 Å². The lowest BCUT2D eigenvalue weighted by molar-refractivity contribution is 0.349. The molecule has 1 aliphatic heterocycles. The van der Waals surface area contributed by atoms with Gasteiger partial charge < -0.3 is 5.32 Å². The first-order valence-corrected chi connectivity index (χ1v) is 12.2. The van der Waals surface area contributed by atoms with E-state index in [0.717, 1.165) is 37.4 Å². The summed E-state index contributed by atoms with van der Waals surface area (Å²) in [6.07, 6.45) is 9.39. The molecule has 170 valence electrons. The summed E-state index contributed by atoms with van der Waals surface area (Å²) in [5.74, 6) is 0.781. The fourth-order valence-electron chi connectivity index (χ4n) is 5.34. The second-order valence-electron chi connectivity index (χ2n) is 9.56. The van der Waals surface area contributed by atoms with Gasteiger partial charge in [-0.05, 0) is 92.4 Å². The second-order valence-corrected chi connectivity index (χ2v) is 9.56. The first kappa shape index (κ1) is 23.2. The minimum Gasteiger partial charge on any atom is -0.317 e. The molecule has 4 rings (SSSR count). The molecule has 1 atom stereocenters. The van der Waals surface area contributed by atoms with E-state index in [-0.39, 0.29) is 5.41 Å². The molecule has 2 aromatic carbocycles. The summed E-state index contributed by atoms with van der Waals surface area (Å²) in [6.45, 7) is 13.5. The Kier molecular flexibility index (Phi) is 7.57. The molecule has 1 unspecified atom stereocenters. The lowest BCUT2D eigenvalue weighted by Gasteiger charge is -2.39. The first-order chi connectivity index (χ1) is 16.1. The van der Waals surface area contributed by atoms with Crippen molar-refractivity contribution in [1.29, 1.82) is 0 Å². The molecule has 33 heavy (non-hydrogen) atoms. The van der Waals surface area contributed by atoms with Crippen molar-refractivity contribution >= 4 is 0 Å². The molecule has 1 fully saturated rings. The zero-order valence-corrected chi connectivity index (χ0v) is 19.9. The van der Waals surface area contributed by atoms with Gasteiger partial charge in [0.25, 0.3) is 0 Å². The van der Waals surface area contributed by atoms with Crippen LogP contribution in [0.15, 0.2) is 103 Å². The monoisotopic (exact) mass is 436 g/mol. The van der Waals surface area contributed by atoms with Crippen LogP contribution in [0.4, 0.5) is 0 Å². The Morgan fingerprint density at radius 3 is 2.36 bits per heavy atom. The molecule has 0 bridgehead atoms. The number of piperidine rings is 1. The Hall–Kier alpha value is -2.97. The van der Waals surface area contributed by atoms with E-state index in [0.29, 0.717) is 0 Å². The van der Waals surface area contributed by atoms with Crippen molar-refractivity contribution in [3.8, 4) is 11.1 Å². The van der Waals surface area contributed by atoms with E-state index in [2.05, 4.69) is 84.5 Å². The summed E-state index contributed by atoms with van der Waals surface area (Å²) < 4.78 is 0. The van der Waals surface area contributed by atoms with Crippen LogP contribution in [0.1, 0.15) is 50.2 Å². The number of hydrogen-bond acceptors (Lipinski definition) is 2.